The molecule has 1 atom stereocenters. The van der Waals surface area contributed by atoms with E-state index in [-0.39, 0.29) is 17.6 Å². The molecule has 2 N–H and O–H groups in total. The summed E-state index contributed by atoms with van der Waals surface area (Å²) in [6.07, 6.45) is 1.56. The minimum absolute atomic E-state index is 0.0855. The number of ether oxygens (including phenoxy) is 1. The van der Waals surface area contributed by atoms with Crippen LogP contribution in [0.15, 0.2) is 11.5 Å². The summed E-state index contributed by atoms with van der Waals surface area (Å²) >= 11 is 1.21. The molecule has 1 aromatic heterocycles. The smallest absolute Gasteiger partial charge is 0.326 e. The normalized spacial score (nSPS) is 12.4. The molecule has 1 heterocycles. The molecule has 1 rings (SSSR count). The highest BCUT2D eigenvalue weighted by Crippen LogP contribution is 2.14. The van der Waals surface area contributed by atoms with Gasteiger partial charge in [0, 0.05) is 13.7 Å². The third kappa shape index (κ3) is 5.72. The van der Waals surface area contributed by atoms with Crippen LogP contribution in [0.1, 0.15) is 13.8 Å². The van der Waals surface area contributed by atoms with E-state index in [0.29, 0.717) is 18.3 Å². The summed E-state index contributed by atoms with van der Waals surface area (Å²) in [7, 11) is 1.60. The Morgan fingerprint density at radius 1 is 1.52 bits per heavy atom. The van der Waals surface area contributed by atoms with Gasteiger partial charge in [0.1, 0.15) is 12.4 Å². The Hall–Kier alpha value is -1.61. The van der Waals surface area contributed by atoms with Gasteiger partial charge in [-0.3, -0.25) is 4.79 Å². The molecule has 1 aromatic rings. The number of hydrogen-bond donors (Lipinski definition) is 2. The average Bonchev–Trinajstić information content (AvgIpc) is 2.86. The predicted molar refractivity (Wildman–Crippen MR) is 77.0 cm³/mol. The fraction of sp³-hybridized carbons (Fsp3) is 0.667. The molecule has 0 saturated carbocycles. The van der Waals surface area contributed by atoms with Crippen molar-refractivity contribution in [3.63, 3.8) is 0 Å². The van der Waals surface area contributed by atoms with Gasteiger partial charge in [0.2, 0.25) is 5.91 Å². The maximum Gasteiger partial charge on any atom is 0.326 e. The van der Waals surface area contributed by atoms with Crippen LogP contribution in [0.2, 0.25) is 0 Å². The number of methoxy groups -OCH3 is 1. The molecule has 0 aliphatic rings. The Morgan fingerprint density at radius 3 is 2.81 bits per heavy atom. The Labute approximate surface area is 127 Å². The molecule has 0 aliphatic carbocycles. The van der Waals surface area contributed by atoms with Crippen molar-refractivity contribution >= 4 is 23.6 Å². The lowest BCUT2D eigenvalue weighted by molar-refractivity contribution is -0.142. The quantitative estimate of drug-likeness (QED) is 0.629. The fourth-order valence-corrected chi connectivity index (χ4v) is 2.31. The van der Waals surface area contributed by atoms with Crippen LogP contribution in [0.25, 0.3) is 0 Å². The molecule has 0 radical (unpaired) electrons. The highest BCUT2D eigenvalue weighted by atomic mass is 32.2. The van der Waals surface area contributed by atoms with E-state index in [1.165, 1.54) is 11.8 Å². The Morgan fingerprint density at radius 2 is 2.24 bits per heavy atom. The van der Waals surface area contributed by atoms with Gasteiger partial charge in [-0.15, -0.1) is 10.2 Å². The van der Waals surface area contributed by atoms with Crippen molar-refractivity contribution in [1.29, 1.82) is 0 Å². The van der Waals surface area contributed by atoms with Gasteiger partial charge >= 0.3 is 5.97 Å². The zero-order chi connectivity index (χ0) is 15.8. The largest absolute Gasteiger partial charge is 0.480 e. The first kappa shape index (κ1) is 17.4. The maximum atomic E-state index is 11.8. The minimum Gasteiger partial charge on any atom is -0.480 e. The minimum atomic E-state index is -1.04. The molecular weight excluding hydrogens is 296 g/mol. The number of nitrogens with zero attached hydrogens (tertiary/aromatic N) is 3. The first-order chi connectivity index (χ1) is 9.95. The number of amides is 1. The molecule has 0 aromatic carbocycles. The van der Waals surface area contributed by atoms with Crippen molar-refractivity contribution < 1.29 is 19.4 Å². The number of carboxylic acids is 1. The monoisotopic (exact) mass is 316 g/mol. The number of thioether (sulfide) groups is 1. The van der Waals surface area contributed by atoms with Crippen LogP contribution in [0, 0.1) is 5.92 Å². The van der Waals surface area contributed by atoms with Gasteiger partial charge in [0.05, 0.1) is 12.4 Å². The van der Waals surface area contributed by atoms with Gasteiger partial charge in [-0.1, -0.05) is 25.6 Å². The van der Waals surface area contributed by atoms with Crippen molar-refractivity contribution in [1.82, 2.24) is 20.1 Å². The topological polar surface area (TPSA) is 106 Å². The van der Waals surface area contributed by atoms with Crippen molar-refractivity contribution in [3.05, 3.63) is 6.33 Å². The average molecular weight is 316 g/mol. The van der Waals surface area contributed by atoms with Crippen LogP contribution in [0.4, 0.5) is 0 Å². The lowest BCUT2D eigenvalue weighted by Gasteiger charge is -2.17. The maximum absolute atomic E-state index is 11.8. The number of carbonyl (C=O) groups is 2. The first-order valence-corrected chi connectivity index (χ1v) is 7.46. The summed E-state index contributed by atoms with van der Waals surface area (Å²) in [6, 6.07) is -0.885. The molecule has 0 bridgehead atoms. The Kier molecular flexibility index (Phi) is 7.17. The van der Waals surface area contributed by atoms with Gasteiger partial charge in [-0.2, -0.15) is 0 Å². The van der Waals surface area contributed by atoms with E-state index in [1.54, 1.807) is 31.9 Å². The third-order valence-electron chi connectivity index (χ3n) is 2.70. The highest BCUT2D eigenvalue weighted by Gasteiger charge is 2.23. The van der Waals surface area contributed by atoms with E-state index in [1.807, 2.05) is 0 Å². The van der Waals surface area contributed by atoms with Crippen LogP contribution >= 0.6 is 11.8 Å². The summed E-state index contributed by atoms with van der Waals surface area (Å²) < 4.78 is 6.75. The molecule has 0 aliphatic heterocycles. The SMILES string of the molecule is COCCn1cnnc1SCC(=O)N[C@H](C(=O)O)C(C)C. The molecule has 9 heteroatoms. The van der Waals surface area contributed by atoms with Crippen LogP contribution in [0.5, 0.6) is 0 Å². The van der Waals surface area contributed by atoms with E-state index in [9.17, 15) is 9.59 Å². The van der Waals surface area contributed by atoms with Crippen molar-refractivity contribution in [3.8, 4) is 0 Å². The summed E-state index contributed by atoms with van der Waals surface area (Å²) in [6.45, 7) is 4.60. The summed E-state index contributed by atoms with van der Waals surface area (Å²) in [4.78, 5) is 22.8. The summed E-state index contributed by atoms with van der Waals surface area (Å²) in [5.74, 6) is -1.47. The van der Waals surface area contributed by atoms with Crippen molar-refractivity contribution in [2.75, 3.05) is 19.5 Å². The molecule has 0 saturated heterocycles. The van der Waals surface area contributed by atoms with Crippen molar-refractivity contribution in [2.45, 2.75) is 31.6 Å². The number of aliphatic carboxylic acids is 1. The number of carboxylic acid groups (broad SMARTS) is 1. The molecule has 0 unspecified atom stereocenters. The second-order valence-electron chi connectivity index (χ2n) is 4.72. The molecule has 1 amide bonds. The van der Waals surface area contributed by atoms with Crippen LogP contribution in [-0.4, -0.2) is 57.3 Å². The first-order valence-electron chi connectivity index (χ1n) is 6.47. The fourth-order valence-electron chi connectivity index (χ4n) is 1.56. The van der Waals surface area contributed by atoms with E-state index in [0.717, 1.165) is 0 Å². The second kappa shape index (κ2) is 8.63. The van der Waals surface area contributed by atoms with Gasteiger partial charge in [-0.05, 0) is 5.92 Å². The third-order valence-corrected chi connectivity index (χ3v) is 3.68. The lowest BCUT2D eigenvalue weighted by Crippen LogP contribution is -2.45. The number of carbonyl (C=O) groups excluding carboxylic acids is 1. The van der Waals surface area contributed by atoms with Gasteiger partial charge in [0.15, 0.2) is 5.16 Å². The van der Waals surface area contributed by atoms with E-state index in [2.05, 4.69) is 15.5 Å². The lowest BCUT2D eigenvalue weighted by atomic mass is 10.1. The van der Waals surface area contributed by atoms with E-state index in [4.69, 9.17) is 9.84 Å². The zero-order valence-corrected chi connectivity index (χ0v) is 13.1. The van der Waals surface area contributed by atoms with Crippen molar-refractivity contribution in [2.24, 2.45) is 5.92 Å². The standard InChI is InChI=1S/C12H20N4O4S/c1-8(2)10(11(18)19)14-9(17)6-21-12-15-13-7-16(12)4-5-20-3/h7-8,10H,4-6H2,1-3H3,(H,14,17)(H,18,19)/t10-/m0/s1. The van der Waals surface area contributed by atoms with Crippen LogP contribution in [0.3, 0.4) is 0 Å². The molecule has 8 nitrogen and oxygen atoms in total. The number of rotatable bonds is 9. The van der Waals surface area contributed by atoms with Crippen LogP contribution < -0.4 is 5.32 Å². The Balaban J connectivity index is 2.49. The van der Waals surface area contributed by atoms with Gasteiger partial charge < -0.3 is 19.7 Å². The molecule has 118 valence electrons. The van der Waals surface area contributed by atoms with E-state index >= 15 is 0 Å². The second-order valence-corrected chi connectivity index (χ2v) is 5.66. The Bertz CT molecular complexity index is 478. The highest BCUT2D eigenvalue weighted by molar-refractivity contribution is 7.99. The molecular formula is C12H20N4O4S. The number of aromatic nitrogens is 3. The number of hydrogen-bond acceptors (Lipinski definition) is 6. The summed E-state index contributed by atoms with van der Waals surface area (Å²) in [5, 5.41) is 19.8. The molecule has 0 spiro atoms. The van der Waals surface area contributed by atoms with Gasteiger partial charge in [0.25, 0.3) is 0 Å². The zero-order valence-electron chi connectivity index (χ0n) is 12.3. The van der Waals surface area contributed by atoms with Gasteiger partial charge in [-0.25, -0.2) is 4.79 Å². The number of nitrogens with one attached hydrogen (secondary N) is 1. The predicted octanol–water partition coefficient (Wildman–Crippen LogP) is 0.242. The van der Waals surface area contributed by atoms with Crippen LogP contribution in [-0.2, 0) is 20.9 Å². The summed E-state index contributed by atoms with van der Waals surface area (Å²) in [5.41, 5.74) is 0. The van der Waals surface area contributed by atoms with E-state index < -0.39 is 12.0 Å². The molecule has 0 fully saturated rings. The molecule has 21 heavy (non-hydrogen) atoms.